The van der Waals surface area contributed by atoms with Gasteiger partial charge in [-0.05, 0) is 30.3 Å². The quantitative estimate of drug-likeness (QED) is 0.341. The molecule has 0 radical (unpaired) electrons. The van der Waals surface area contributed by atoms with Crippen LogP contribution in [0, 0.1) is 10.1 Å². The molecule has 0 atom stereocenters. The number of hydrogen-bond acceptors (Lipinski definition) is 6. The summed E-state index contributed by atoms with van der Waals surface area (Å²) in [6, 6.07) is 10.1. The van der Waals surface area contributed by atoms with E-state index in [9.17, 15) is 29.3 Å². The van der Waals surface area contributed by atoms with Gasteiger partial charge in [-0.1, -0.05) is 23.7 Å². The number of nitro groups is 1. The summed E-state index contributed by atoms with van der Waals surface area (Å²) in [5.74, 6) is -2.53. The van der Waals surface area contributed by atoms with Crippen LogP contribution in [-0.4, -0.2) is 46.4 Å². The minimum absolute atomic E-state index is 0.0447. The van der Waals surface area contributed by atoms with Gasteiger partial charge in [-0.3, -0.25) is 34.2 Å². The fraction of sp³-hybridized carbons (Fsp3) is 0.111. The Morgan fingerprint density at radius 1 is 1.07 bits per heavy atom. The lowest BCUT2D eigenvalue weighted by Gasteiger charge is -2.14. The minimum Gasteiger partial charge on any atom is -0.324 e. The molecular weight excluding hydrogens is 390 g/mol. The number of nitrogens with zero attached hydrogens (tertiary/aromatic N) is 2. The maximum absolute atomic E-state index is 12.3. The zero-order chi connectivity index (χ0) is 20.4. The number of nitrogens with one attached hydrogen (secondary N) is 1. The molecule has 10 heteroatoms. The lowest BCUT2D eigenvalue weighted by molar-refractivity contribution is -0.465. The number of imide groups is 1. The van der Waals surface area contributed by atoms with Crippen molar-refractivity contribution in [2.24, 2.45) is 0 Å². The van der Waals surface area contributed by atoms with Crippen molar-refractivity contribution < 1.29 is 24.1 Å². The summed E-state index contributed by atoms with van der Waals surface area (Å²) in [6.07, 6.45) is 0. The Hall–Kier alpha value is -3.59. The Kier molecular flexibility index (Phi) is 5.18. The standard InChI is InChI=1S/C18H12ClN3O6/c19-14-7-10(5-6-13(14)15(23)8-22(27)28)20-16(24)9-21-17(25)11-3-1-2-4-12(11)18(21)26/h1-7H,8-9H2,(H,20,24). The fourth-order valence-corrected chi connectivity index (χ4v) is 3.03. The fourth-order valence-electron chi connectivity index (χ4n) is 2.75. The molecule has 1 aliphatic rings. The lowest BCUT2D eigenvalue weighted by atomic mass is 10.1. The van der Waals surface area contributed by atoms with E-state index in [1.807, 2.05) is 0 Å². The molecular formula is C18H12ClN3O6. The first kappa shape index (κ1) is 19.2. The molecule has 2 aromatic rings. The van der Waals surface area contributed by atoms with E-state index in [2.05, 4.69) is 5.32 Å². The molecule has 1 heterocycles. The average molecular weight is 402 g/mol. The molecule has 28 heavy (non-hydrogen) atoms. The smallest absolute Gasteiger partial charge is 0.265 e. The summed E-state index contributed by atoms with van der Waals surface area (Å²) in [7, 11) is 0. The van der Waals surface area contributed by atoms with Gasteiger partial charge in [0.1, 0.15) is 6.54 Å². The Morgan fingerprint density at radius 2 is 1.68 bits per heavy atom. The molecule has 1 N–H and O–H groups in total. The van der Waals surface area contributed by atoms with Gasteiger partial charge in [0.05, 0.1) is 16.1 Å². The van der Waals surface area contributed by atoms with E-state index in [4.69, 9.17) is 11.6 Å². The van der Waals surface area contributed by atoms with Crippen LogP contribution < -0.4 is 5.32 Å². The zero-order valence-corrected chi connectivity index (χ0v) is 14.9. The normalized spacial score (nSPS) is 12.7. The van der Waals surface area contributed by atoms with Crippen LogP contribution in [0.3, 0.4) is 0 Å². The van der Waals surface area contributed by atoms with Crippen molar-refractivity contribution in [3.05, 3.63) is 74.3 Å². The van der Waals surface area contributed by atoms with Crippen LogP contribution in [0.1, 0.15) is 31.1 Å². The van der Waals surface area contributed by atoms with Gasteiger partial charge in [0.15, 0.2) is 0 Å². The number of Topliss-reactive ketones (excluding diaryl/α,β-unsaturated/α-hetero) is 1. The number of hydrogen-bond donors (Lipinski definition) is 1. The van der Waals surface area contributed by atoms with Crippen molar-refractivity contribution in [3.8, 4) is 0 Å². The van der Waals surface area contributed by atoms with E-state index in [1.165, 1.54) is 30.3 Å². The first-order valence-electron chi connectivity index (χ1n) is 7.97. The second-order valence-electron chi connectivity index (χ2n) is 5.90. The molecule has 142 valence electrons. The van der Waals surface area contributed by atoms with Crippen LogP contribution in [0.2, 0.25) is 5.02 Å². The topological polar surface area (TPSA) is 127 Å². The van der Waals surface area contributed by atoms with Gasteiger partial charge >= 0.3 is 0 Å². The van der Waals surface area contributed by atoms with Crippen LogP contribution in [0.5, 0.6) is 0 Å². The third-order valence-corrected chi connectivity index (χ3v) is 4.32. The Balaban J connectivity index is 1.68. The molecule has 0 saturated heterocycles. The van der Waals surface area contributed by atoms with Crippen molar-refractivity contribution in [3.63, 3.8) is 0 Å². The lowest BCUT2D eigenvalue weighted by Crippen LogP contribution is -2.37. The highest BCUT2D eigenvalue weighted by Crippen LogP contribution is 2.24. The number of benzene rings is 2. The Bertz CT molecular complexity index is 1000. The number of amides is 3. The molecule has 0 fully saturated rings. The predicted molar refractivity (Wildman–Crippen MR) is 98.1 cm³/mol. The predicted octanol–water partition coefficient (Wildman–Crippen LogP) is 2.03. The number of carbonyl (C=O) groups is 4. The summed E-state index contributed by atoms with van der Waals surface area (Å²) < 4.78 is 0. The van der Waals surface area contributed by atoms with Crippen LogP contribution >= 0.6 is 11.6 Å². The van der Waals surface area contributed by atoms with Gasteiger partial charge in [0, 0.05) is 16.2 Å². The van der Waals surface area contributed by atoms with Gasteiger partial charge in [-0.15, -0.1) is 0 Å². The first-order valence-corrected chi connectivity index (χ1v) is 8.35. The maximum atomic E-state index is 12.3. The van der Waals surface area contributed by atoms with Gasteiger partial charge in [-0.25, -0.2) is 0 Å². The van der Waals surface area contributed by atoms with E-state index in [1.54, 1.807) is 12.1 Å². The van der Waals surface area contributed by atoms with Gasteiger partial charge < -0.3 is 5.32 Å². The molecule has 3 rings (SSSR count). The number of ketones is 1. The first-order chi connectivity index (χ1) is 13.3. The molecule has 9 nitrogen and oxygen atoms in total. The Morgan fingerprint density at radius 3 is 2.21 bits per heavy atom. The van der Waals surface area contributed by atoms with E-state index < -0.39 is 41.5 Å². The van der Waals surface area contributed by atoms with Crippen molar-refractivity contribution in [1.82, 2.24) is 4.90 Å². The van der Waals surface area contributed by atoms with Crippen molar-refractivity contribution in [2.45, 2.75) is 0 Å². The average Bonchev–Trinajstić information content (AvgIpc) is 2.86. The molecule has 2 aromatic carbocycles. The van der Waals surface area contributed by atoms with Gasteiger partial charge in [-0.2, -0.15) is 0 Å². The van der Waals surface area contributed by atoms with Gasteiger partial charge in [0.25, 0.3) is 18.4 Å². The molecule has 0 spiro atoms. The third kappa shape index (κ3) is 3.74. The minimum atomic E-state index is -0.898. The summed E-state index contributed by atoms with van der Waals surface area (Å²) in [5, 5.41) is 12.8. The Labute approximate surface area is 163 Å². The van der Waals surface area contributed by atoms with E-state index in [-0.39, 0.29) is 27.4 Å². The van der Waals surface area contributed by atoms with Gasteiger partial charge in [0.2, 0.25) is 11.7 Å². The number of carbonyl (C=O) groups excluding carboxylic acids is 4. The highest BCUT2D eigenvalue weighted by Gasteiger charge is 2.36. The highest BCUT2D eigenvalue weighted by molar-refractivity contribution is 6.34. The molecule has 0 unspecified atom stereocenters. The van der Waals surface area contributed by atoms with E-state index in [0.29, 0.717) is 0 Å². The third-order valence-electron chi connectivity index (χ3n) is 4.01. The summed E-state index contributed by atoms with van der Waals surface area (Å²) in [5.41, 5.74) is 0.634. The molecule has 0 bridgehead atoms. The SMILES string of the molecule is O=C(CN1C(=O)c2ccccc2C1=O)Nc1ccc(C(=O)C[N+](=O)[O-])c(Cl)c1. The molecule has 3 amide bonds. The van der Waals surface area contributed by atoms with Crippen molar-refractivity contribution in [1.29, 1.82) is 0 Å². The van der Waals surface area contributed by atoms with E-state index in [0.717, 1.165) is 4.90 Å². The van der Waals surface area contributed by atoms with Crippen LogP contribution in [0.15, 0.2) is 42.5 Å². The van der Waals surface area contributed by atoms with Crippen LogP contribution in [0.25, 0.3) is 0 Å². The molecule has 1 aliphatic heterocycles. The molecule has 0 saturated carbocycles. The summed E-state index contributed by atoms with van der Waals surface area (Å²) >= 11 is 5.96. The highest BCUT2D eigenvalue weighted by atomic mass is 35.5. The maximum Gasteiger partial charge on any atom is 0.265 e. The van der Waals surface area contributed by atoms with Crippen LogP contribution in [-0.2, 0) is 4.79 Å². The zero-order valence-electron chi connectivity index (χ0n) is 14.2. The molecule has 0 aromatic heterocycles. The second kappa shape index (κ2) is 7.57. The number of halogens is 1. The van der Waals surface area contributed by atoms with E-state index >= 15 is 0 Å². The molecule has 0 aliphatic carbocycles. The number of fused-ring (bicyclic) bond motifs is 1. The largest absolute Gasteiger partial charge is 0.324 e. The van der Waals surface area contributed by atoms with Crippen LogP contribution in [0.4, 0.5) is 5.69 Å². The summed E-state index contributed by atoms with van der Waals surface area (Å²) in [6.45, 7) is -1.39. The monoisotopic (exact) mass is 401 g/mol. The van der Waals surface area contributed by atoms with Crippen molar-refractivity contribution in [2.75, 3.05) is 18.4 Å². The second-order valence-corrected chi connectivity index (χ2v) is 6.31. The summed E-state index contributed by atoms with van der Waals surface area (Å²) in [4.78, 5) is 59.0. The number of anilines is 1. The number of rotatable bonds is 6. The van der Waals surface area contributed by atoms with Crippen molar-refractivity contribution >= 4 is 40.8 Å².